The minimum atomic E-state index is -2.92. The Morgan fingerprint density at radius 2 is 1.96 bits per heavy atom. The molecular formula is C21H25N3O2S2. The van der Waals surface area contributed by atoms with Gasteiger partial charge in [0, 0.05) is 34.1 Å². The van der Waals surface area contributed by atoms with E-state index in [9.17, 15) is 8.42 Å². The largest absolute Gasteiger partial charge is 0.344 e. The zero-order valence-corrected chi connectivity index (χ0v) is 18.2. The molecule has 1 N–H and O–H groups in total. The fourth-order valence-corrected chi connectivity index (χ4v) is 6.44. The van der Waals surface area contributed by atoms with Gasteiger partial charge >= 0.3 is 0 Å². The molecule has 3 heterocycles. The summed E-state index contributed by atoms with van der Waals surface area (Å²) in [7, 11) is -2.92. The number of aromatic nitrogens is 2. The van der Waals surface area contributed by atoms with Crippen LogP contribution in [0.5, 0.6) is 0 Å². The Labute approximate surface area is 170 Å². The topological polar surface area (TPSA) is 64.0 Å². The molecule has 5 nitrogen and oxygen atoms in total. The molecule has 0 radical (unpaired) electrons. The lowest BCUT2D eigenvalue weighted by Gasteiger charge is -2.16. The van der Waals surface area contributed by atoms with Gasteiger partial charge in [0.1, 0.15) is 0 Å². The Morgan fingerprint density at radius 1 is 1.18 bits per heavy atom. The van der Waals surface area contributed by atoms with Crippen molar-refractivity contribution in [1.82, 2.24) is 9.55 Å². The maximum Gasteiger partial charge on any atom is 0.187 e. The number of sulfone groups is 1. The highest BCUT2D eigenvalue weighted by molar-refractivity contribution is 7.91. The SMILES string of the molecule is Cc1ccc(C)c(Nc2nc(-c3cc(C)n([C@@H]4CCS(=O)(=O)C4)c3C)cs2)c1. The molecule has 1 aromatic carbocycles. The first kappa shape index (κ1) is 19.2. The maximum absolute atomic E-state index is 11.9. The molecule has 4 rings (SSSR count). The number of hydrogen-bond donors (Lipinski definition) is 1. The van der Waals surface area contributed by atoms with Crippen LogP contribution in [-0.4, -0.2) is 29.5 Å². The van der Waals surface area contributed by atoms with Crippen molar-refractivity contribution in [2.45, 2.75) is 40.2 Å². The first-order valence-corrected chi connectivity index (χ1v) is 12.1. The van der Waals surface area contributed by atoms with Crippen molar-refractivity contribution in [2.75, 3.05) is 16.8 Å². The molecule has 1 saturated heterocycles. The van der Waals surface area contributed by atoms with Crippen molar-refractivity contribution in [2.24, 2.45) is 0 Å². The van der Waals surface area contributed by atoms with Gasteiger partial charge in [-0.3, -0.25) is 0 Å². The third-order valence-corrected chi connectivity index (χ3v) is 7.98. The summed E-state index contributed by atoms with van der Waals surface area (Å²) >= 11 is 1.58. The number of benzene rings is 1. The molecule has 0 amide bonds. The van der Waals surface area contributed by atoms with Crippen molar-refractivity contribution in [3.63, 3.8) is 0 Å². The Morgan fingerprint density at radius 3 is 2.68 bits per heavy atom. The molecule has 0 spiro atoms. The number of aryl methyl sites for hydroxylation is 3. The predicted molar refractivity (Wildman–Crippen MR) is 117 cm³/mol. The summed E-state index contributed by atoms with van der Waals surface area (Å²) in [4.78, 5) is 4.79. The molecule has 0 saturated carbocycles. The molecule has 0 unspecified atom stereocenters. The minimum Gasteiger partial charge on any atom is -0.344 e. The fraction of sp³-hybridized carbons (Fsp3) is 0.381. The molecule has 7 heteroatoms. The number of hydrogen-bond acceptors (Lipinski definition) is 5. The van der Waals surface area contributed by atoms with Gasteiger partial charge in [-0.05, 0) is 57.4 Å². The molecule has 0 aliphatic carbocycles. The van der Waals surface area contributed by atoms with Crippen molar-refractivity contribution < 1.29 is 8.42 Å². The zero-order chi connectivity index (χ0) is 20.1. The molecule has 3 aromatic rings. The Balaban J connectivity index is 1.63. The van der Waals surface area contributed by atoms with E-state index in [0.29, 0.717) is 6.42 Å². The zero-order valence-electron chi connectivity index (χ0n) is 16.6. The van der Waals surface area contributed by atoms with Gasteiger partial charge < -0.3 is 9.88 Å². The van der Waals surface area contributed by atoms with E-state index in [1.807, 2.05) is 6.92 Å². The number of thiazole rings is 1. The molecule has 148 valence electrons. The Bertz CT molecular complexity index is 1140. The van der Waals surface area contributed by atoms with Crippen molar-refractivity contribution in [1.29, 1.82) is 0 Å². The highest BCUT2D eigenvalue weighted by Gasteiger charge is 2.31. The minimum absolute atomic E-state index is 0.0323. The van der Waals surface area contributed by atoms with E-state index in [-0.39, 0.29) is 17.5 Å². The third kappa shape index (κ3) is 3.61. The van der Waals surface area contributed by atoms with Crippen LogP contribution < -0.4 is 5.32 Å². The van der Waals surface area contributed by atoms with E-state index in [1.165, 1.54) is 11.1 Å². The van der Waals surface area contributed by atoms with Crippen LogP contribution in [0.15, 0.2) is 29.6 Å². The highest BCUT2D eigenvalue weighted by Crippen LogP contribution is 2.35. The lowest BCUT2D eigenvalue weighted by molar-refractivity contribution is 0.536. The average molecular weight is 416 g/mol. The van der Waals surface area contributed by atoms with Gasteiger partial charge in [-0.2, -0.15) is 0 Å². The van der Waals surface area contributed by atoms with Gasteiger partial charge in [0.2, 0.25) is 0 Å². The molecule has 1 fully saturated rings. The van der Waals surface area contributed by atoms with Crippen LogP contribution in [0.2, 0.25) is 0 Å². The summed E-state index contributed by atoms with van der Waals surface area (Å²) in [5, 5.41) is 6.35. The summed E-state index contributed by atoms with van der Waals surface area (Å²) in [5.41, 5.74) is 7.64. The van der Waals surface area contributed by atoms with Crippen molar-refractivity contribution in [3.05, 3.63) is 52.2 Å². The molecular weight excluding hydrogens is 390 g/mol. The van der Waals surface area contributed by atoms with E-state index in [2.05, 4.69) is 60.3 Å². The van der Waals surface area contributed by atoms with Crippen molar-refractivity contribution in [3.8, 4) is 11.3 Å². The summed E-state index contributed by atoms with van der Waals surface area (Å²) in [6.45, 7) is 8.27. The van der Waals surface area contributed by atoms with Gasteiger partial charge in [-0.25, -0.2) is 13.4 Å². The second kappa shape index (κ2) is 7.04. The predicted octanol–water partition coefficient (Wildman–Crippen LogP) is 4.95. The number of anilines is 2. The molecule has 1 atom stereocenters. The van der Waals surface area contributed by atoms with Crippen LogP contribution in [0.4, 0.5) is 10.8 Å². The third-order valence-electron chi connectivity index (χ3n) is 5.47. The Hall–Kier alpha value is -2.12. The monoisotopic (exact) mass is 415 g/mol. The highest BCUT2D eigenvalue weighted by atomic mass is 32.2. The van der Waals surface area contributed by atoms with E-state index in [0.717, 1.165) is 33.5 Å². The number of nitrogens with zero attached hydrogens (tertiary/aromatic N) is 2. The second-order valence-electron chi connectivity index (χ2n) is 7.69. The van der Waals surface area contributed by atoms with Gasteiger partial charge in [0.25, 0.3) is 0 Å². The lowest BCUT2D eigenvalue weighted by Crippen LogP contribution is -2.13. The van der Waals surface area contributed by atoms with Gasteiger partial charge in [-0.1, -0.05) is 12.1 Å². The summed E-state index contributed by atoms with van der Waals surface area (Å²) in [5.74, 6) is 0.518. The van der Waals surface area contributed by atoms with Crippen LogP contribution in [0.3, 0.4) is 0 Å². The van der Waals surface area contributed by atoms with E-state index >= 15 is 0 Å². The molecule has 1 aliphatic rings. The van der Waals surface area contributed by atoms with Gasteiger partial charge in [0.05, 0.1) is 17.2 Å². The summed E-state index contributed by atoms with van der Waals surface area (Å²) in [6, 6.07) is 8.49. The lowest BCUT2D eigenvalue weighted by atomic mass is 10.1. The Kier molecular flexibility index (Phi) is 4.83. The van der Waals surface area contributed by atoms with E-state index in [4.69, 9.17) is 4.98 Å². The van der Waals surface area contributed by atoms with Crippen molar-refractivity contribution >= 4 is 32.0 Å². The van der Waals surface area contributed by atoms with E-state index < -0.39 is 9.84 Å². The summed E-state index contributed by atoms with van der Waals surface area (Å²) < 4.78 is 26.0. The quantitative estimate of drug-likeness (QED) is 0.655. The van der Waals surface area contributed by atoms with Crippen LogP contribution in [0, 0.1) is 27.7 Å². The molecule has 1 aliphatic heterocycles. The van der Waals surface area contributed by atoms with Crippen LogP contribution >= 0.6 is 11.3 Å². The van der Waals surface area contributed by atoms with E-state index in [1.54, 1.807) is 11.3 Å². The summed E-state index contributed by atoms with van der Waals surface area (Å²) in [6.07, 6.45) is 0.689. The van der Waals surface area contributed by atoms with Gasteiger partial charge in [0.15, 0.2) is 15.0 Å². The number of rotatable bonds is 4. The smallest absolute Gasteiger partial charge is 0.187 e. The van der Waals surface area contributed by atoms with Crippen LogP contribution in [0.1, 0.15) is 35.0 Å². The van der Waals surface area contributed by atoms with Crippen LogP contribution in [-0.2, 0) is 9.84 Å². The second-order valence-corrected chi connectivity index (χ2v) is 10.8. The fourth-order valence-electron chi connectivity index (χ4n) is 4.02. The van der Waals surface area contributed by atoms with Crippen LogP contribution in [0.25, 0.3) is 11.3 Å². The first-order chi connectivity index (χ1) is 13.2. The average Bonchev–Trinajstić information content (AvgIpc) is 3.29. The normalized spacial score (nSPS) is 18.5. The molecule has 2 aromatic heterocycles. The first-order valence-electron chi connectivity index (χ1n) is 9.42. The standard InChI is InChI=1S/C21H25N3O2S2/c1-13-5-6-14(2)19(9-13)22-21-23-20(11-27-21)18-10-15(3)24(16(18)4)17-7-8-28(25,26)12-17/h5-6,9-11,17H,7-8,12H2,1-4H3,(H,22,23)/t17-/m1/s1. The van der Waals surface area contributed by atoms with Gasteiger partial charge in [-0.15, -0.1) is 11.3 Å². The number of nitrogens with one attached hydrogen (secondary N) is 1. The molecule has 0 bridgehead atoms. The molecule has 28 heavy (non-hydrogen) atoms. The maximum atomic E-state index is 11.9.